The van der Waals surface area contributed by atoms with Crippen molar-refractivity contribution in [3.05, 3.63) is 24.2 Å². The molecule has 0 bridgehead atoms. The van der Waals surface area contributed by atoms with Gasteiger partial charge in [-0.3, -0.25) is 4.79 Å². The molecule has 2 aromatic rings. The molecule has 1 aliphatic rings. The van der Waals surface area contributed by atoms with Crippen molar-refractivity contribution in [3.8, 4) is 0 Å². The second kappa shape index (κ2) is 4.64. The van der Waals surface area contributed by atoms with E-state index < -0.39 is 0 Å². The lowest BCUT2D eigenvalue weighted by Gasteiger charge is -2.12. The largest absolute Gasteiger partial charge is 0.465 e. The van der Waals surface area contributed by atoms with Gasteiger partial charge in [-0.05, 0) is 38.8 Å². The van der Waals surface area contributed by atoms with Gasteiger partial charge in [0, 0.05) is 12.2 Å². The van der Waals surface area contributed by atoms with E-state index >= 15 is 0 Å². The van der Waals surface area contributed by atoms with Crippen molar-refractivity contribution in [2.75, 3.05) is 6.61 Å². The number of hydrogen-bond donors (Lipinski definition) is 0. The monoisotopic (exact) mass is 259 g/mol. The highest BCUT2D eigenvalue weighted by molar-refractivity contribution is 5.79. The van der Waals surface area contributed by atoms with Gasteiger partial charge >= 0.3 is 5.97 Å². The van der Waals surface area contributed by atoms with Crippen LogP contribution in [0.3, 0.4) is 0 Å². The Balaban J connectivity index is 2.07. The molecule has 0 amide bonds. The summed E-state index contributed by atoms with van der Waals surface area (Å²) in [5.74, 6) is 0.198. The number of pyridine rings is 1. The van der Waals surface area contributed by atoms with E-state index in [0.29, 0.717) is 12.6 Å². The molecule has 5 heteroatoms. The number of hydrogen-bond acceptors (Lipinski definition) is 4. The maximum absolute atomic E-state index is 11.9. The Kier molecular flexibility index (Phi) is 2.97. The number of carbonyl (C=O) groups excluding carboxylic acids is 1. The molecular formula is C14H17N3O2. The molecule has 2 heterocycles. The summed E-state index contributed by atoms with van der Waals surface area (Å²) in [5, 5.41) is 0. The molecule has 3 rings (SSSR count). The van der Waals surface area contributed by atoms with Crippen LogP contribution in [0.2, 0.25) is 0 Å². The first kappa shape index (κ1) is 12.1. The van der Waals surface area contributed by atoms with Gasteiger partial charge in [0.05, 0.1) is 6.61 Å². The van der Waals surface area contributed by atoms with Gasteiger partial charge in [0.2, 0.25) is 0 Å². The number of aromatic nitrogens is 3. The molecule has 19 heavy (non-hydrogen) atoms. The number of rotatable bonds is 4. The van der Waals surface area contributed by atoms with E-state index in [1.807, 2.05) is 26.0 Å². The van der Waals surface area contributed by atoms with Crippen molar-refractivity contribution in [3.63, 3.8) is 0 Å². The second-order valence-corrected chi connectivity index (χ2v) is 4.89. The summed E-state index contributed by atoms with van der Waals surface area (Å²) in [4.78, 5) is 20.9. The van der Waals surface area contributed by atoms with Gasteiger partial charge in [0.1, 0.15) is 17.3 Å². The van der Waals surface area contributed by atoms with E-state index in [0.717, 1.165) is 29.8 Å². The van der Waals surface area contributed by atoms with Gasteiger partial charge in [0.25, 0.3) is 0 Å². The Morgan fingerprint density at radius 1 is 1.58 bits per heavy atom. The molecule has 1 saturated carbocycles. The first-order chi connectivity index (χ1) is 9.22. The summed E-state index contributed by atoms with van der Waals surface area (Å²) in [6.45, 7) is 4.05. The Morgan fingerprint density at radius 3 is 3.05 bits per heavy atom. The second-order valence-electron chi connectivity index (χ2n) is 4.89. The molecule has 0 aliphatic heterocycles. The Morgan fingerprint density at radius 2 is 2.37 bits per heavy atom. The highest BCUT2D eigenvalue weighted by Gasteiger charge is 2.32. The molecule has 1 fully saturated rings. The van der Waals surface area contributed by atoms with Crippen molar-refractivity contribution < 1.29 is 9.53 Å². The minimum Gasteiger partial charge on any atom is -0.465 e. The predicted molar refractivity (Wildman–Crippen MR) is 70.8 cm³/mol. The maximum Gasteiger partial charge on any atom is 0.316 e. The lowest BCUT2D eigenvalue weighted by atomic mass is 10.1. The van der Waals surface area contributed by atoms with Crippen LogP contribution in [0.1, 0.15) is 44.5 Å². The van der Waals surface area contributed by atoms with Gasteiger partial charge in [-0.2, -0.15) is 0 Å². The topological polar surface area (TPSA) is 57.0 Å². The quantitative estimate of drug-likeness (QED) is 0.791. The molecule has 5 nitrogen and oxygen atoms in total. The highest BCUT2D eigenvalue weighted by Crippen LogP contribution is 2.39. The molecule has 1 unspecified atom stereocenters. The third-order valence-electron chi connectivity index (χ3n) is 3.42. The van der Waals surface area contributed by atoms with Gasteiger partial charge in [-0.1, -0.05) is 0 Å². The fourth-order valence-corrected chi connectivity index (χ4v) is 2.32. The molecule has 1 aliphatic carbocycles. The molecule has 0 saturated heterocycles. The fourth-order valence-electron chi connectivity index (χ4n) is 2.32. The molecule has 0 radical (unpaired) electrons. The smallest absolute Gasteiger partial charge is 0.316 e. The van der Waals surface area contributed by atoms with Gasteiger partial charge in [-0.15, -0.1) is 0 Å². The average Bonchev–Trinajstić information content (AvgIpc) is 3.18. The molecule has 0 spiro atoms. The van der Waals surface area contributed by atoms with Gasteiger partial charge < -0.3 is 9.30 Å². The molecule has 0 N–H and O–H groups in total. The predicted octanol–water partition coefficient (Wildman–Crippen LogP) is 2.43. The minimum absolute atomic E-state index is 0.222. The van der Waals surface area contributed by atoms with Crippen LogP contribution in [0.25, 0.3) is 11.2 Å². The number of imidazole rings is 1. The number of esters is 1. The summed E-state index contributed by atoms with van der Waals surface area (Å²) in [6.07, 6.45) is 4.02. The SMILES string of the molecule is CCOC(=O)C(C)c1nc2cccnc2n1C1CC1. The standard InChI is InChI=1S/C14H17N3O2/c1-3-19-14(18)9(2)12-16-11-5-4-8-15-13(11)17(12)10-6-7-10/h4-5,8-10H,3,6-7H2,1-2H3. The molecule has 0 aromatic carbocycles. The fraction of sp³-hybridized carbons (Fsp3) is 0.500. The van der Waals surface area contributed by atoms with Crippen LogP contribution >= 0.6 is 0 Å². The van der Waals surface area contributed by atoms with E-state index in [-0.39, 0.29) is 11.9 Å². The van der Waals surface area contributed by atoms with Gasteiger partial charge in [-0.25, -0.2) is 9.97 Å². The lowest BCUT2D eigenvalue weighted by molar-refractivity contribution is -0.144. The summed E-state index contributed by atoms with van der Waals surface area (Å²) in [5.41, 5.74) is 1.72. The zero-order chi connectivity index (χ0) is 13.4. The van der Waals surface area contributed by atoms with E-state index in [2.05, 4.69) is 14.5 Å². The number of nitrogens with zero attached hydrogens (tertiary/aromatic N) is 3. The maximum atomic E-state index is 11.9. The first-order valence-electron chi connectivity index (χ1n) is 6.72. The Labute approximate surface area is 111 Å². The lowest BCUT2D eigenvalue weighted by Crippen LogP contribution is -2.17. The van der Waals surface area contributed by atoms with E-state index in [9.17, 15) is 4.79 Å². The number of ether oxygens (including phenoxy) is 1. The highest BCUT2D eigenvalue weighted by atomic mass is 16.5. The van der Waals surface area contributed by atoms with Crippen molar-refractivity contribution in [1.82, 2.24) is 14.5 Å². The normalized spacial score (nSPS) is 16.5. The summed E-state index contributed by atoms with van der Waals surface area (Å²) >= 11 is 0. The van der Waals surface area contributed by atoms with E-state index in [4.69, 9.17) is 4.74 Å². The number of fused-ring (bicyclic) bond motifs is 1. The van der Waals surface area contributed by atoms with E-state index in [1.54, 1.807) is 6.20 Å². The minimum atomic E-state index is -0.352. The zero-order valence-electron chi connectivity index (χ0n) is 11.2. The summed E-state index contributed by atoms with van der Waals surface area (Å²) in [6, 6.07) is 4.24. The van der Waals surface area contributed by atoms with Crippen molar-refractivity contribution in [1.29, 1.82) is 0 Å². The van der Waals surface area contributed by atoms with Crippen LogP contribution in [0.4, 0.5) is 0 Å². The number of carbonyl (C=O) groups is 1. The van der Waals surface area contributed by atoms with Crippen molar-refractivity contribution >= 4 is 17.1 Å². The van der Waals surface area contributed by atoms with Crippen molar-refractivity contribution in [2.45, 2.75) is 38.6 Å². The summed E-state index contributed by atoms with van der Waals surface area (Å²) in [7, 11) is 0. The zero-order valence-corrected chi connectivity index (χ0v) is 11.2. The van der Waals surface area contributed by atoms with Crippen LogP contribution in [-0.4, -0.2) is 27.1 Å². The van der Waals surface area contributed by atoms with Crippen LogP contribution in [-0.2, 0) is 9.53 Å². The average molecular weight is 259 g/mol. The van der Waals surface area contributed by atoms with Crippen LogP contribution < -0.4 is 0 Å². The van der Waals surface area contributed by atoms with Crippen LogP contribution in [0.5, 0.6) is 0 Å². The van der Waals surface area contributed by atoms with Crippen molar-refractivity contribution in [2.24, 2.45) is 0 Å². The Bertz CT molecular complexity index is 616. The van der Waals surface area contributed by atoms with Crippen LogP contribution in [0.15, 0.2) is 18.3 Å². The Hall–Kier alpha value is -1.91. The summed E-state index contributed by atoms with van der Waals surface area (Å²) < 4.78 is 7.20. The van der Waals surface area contributed by atoms with Gasteiger partial charge in [0.15, 0.2) is 5.65 Å². The third-order valence-corrected chi connectivity index (χ3v) is 3.42. The van der Waals surface area contributed by atoms with Crippen LogP contribution in [0, 0.1) is 0 Å². The first-order valence-corrected chi connectivity index (χ1v) is 6.72. The van der Waals surface area contributed by atoms with E-state index in [1.165, 1.54) is 0 Å². The third kappa shape index (κ3) is 2.09. The molecular weight excluding hydrogens is 242 g/mol. The molecule has 2 aromatic heterocycles. The molecule has 100 valence electrons. The molecule has 1 atom stereocenters.